The molecule has 0 aliphatic rings. The maximum absolute atomic E-state index is 12.5. The number of nitrogens with two attached hydrogens (primary N) is 1. The largest absolute Gasteiger partial charge is 0.372 e. The highest BCUT2D eigenvalue weighted by Crippen LogP contribution is 2.24. The van der Waals surface area contributed by atoms with Gasteiger partial charge in [-0.25, -0.2) is 4.98 Å². The van der Waals surface area contributed by atoms with E-state index in [0.29, 0.717) is 19.6 Å². The first-order valence-corrected chi connectivity index (χ1v) is 10.9. The highest BCUT2D eigenvalue weighted by atomic mass is 32.1. The summed E-state index contributed by atoms with van der Waals surface area (Å²) in [6.07, 6.45) is 3.69. The first-order chi connectivity index (χ1) is 15.0. The van der Waals surface area contributed by atoms with Gasteiger partial charge in [-0.15, -0.1) is 0 Å². The molecule has 2 heterocycles. The lowest BCUT2D eigenvalue weighted by Crippen LogP contribution is -2.26. The summed E-state index contributed by atoms with van der Waals surface area (Å²) >= 11 is 1.25. The van der Waals surface area contributed by atoms with Crippen molar-refractivity contribution in [2.24, 2.45) is 5.73 Å². The van der Waals surface area contributed by atoms with E-state index in [1.165, 1.54) is 11.3 Å². The van der Waals surface area contributed by atoms with Gasteiger partial charge in [-0.2, -0.15) is 0 Å². The van der Waals surface area contributed by atoms with Gasteiger partial charge in [0.25, 0.3) is 5.91 Å². The summed E-state index contributed by atoms with van der Waals surface area (Å²) in [5.74, 6) is -0.574. The molecule has 7 nitrogen and oxygen atoms in total. The zero-order valence-electron chi connectivity index (χ0n) is 17.2. The molecule has 0 fully saturated rings. The number of ether oxygens (including phenoxy) is 1. The van der Waals surface area contributed by atoms with Crippen molar-refractivity contribution in [3.63, 3.8) is 0 Å². The van der Waals surface area contributed by atoms with E-state index in [0.717, 1.165) is 15.8 Å². The molecule has 0 radical (unpaired) electrons. The van der Waals surface area contributed by atoms with Crippen LogP contribution < -0.4 is 10.6 Å². The normalized spacial score (nSPS) is 13.3. The number of rotatable bonds is 9. The number of primary amides is 1. The van der Waals surface area contributed by atoms with E-state index in [-0.39, 0.29) is 22.7 Å². The second kappa shape index (κ2) is 9.28. The van der Waals surface area contributed by atoms with Crippen LogP contribution in [-0.4, -0.2) is 26.1 Å². The fourth-order valence-corrected chi connectivity index (χ4v) is 4.59. The zero-order chi connectivity index (χ0) is 21.8. The van der Waals surface area contributed by atoms with E-state index < -0.39 is 5.91 Å². The molecule has 160 valence electrons. The molecule has 2 aromatic carbocycles. The lowest BCUT2D eigenvalue weighted by Gasteiger charge is -2.26. The summed E-state index contributed by atoms with van der Waals surface area (Å²) in [4.78, 5) is 28.2. The van der Waals surface area contributed by atoms with Crippen LogP contribution in [0.15, 0.2) is 71.9 Å². The van der Waals surface area contributed by atoms with Gasteiger partial charge in [0.15, 0.2) is 0 Å². The number of carbonyl (C=O) groups is 1. The molecule has 0 saturated carbocycles. The van der Waals surface area contributed by atoms with Crippen LogP contribution in [0, 0.1) is 0 Å². The number of aryl methyl sites for hydroxylation is 1. The number of hydrogen-bond donors (Lipinski definition) is 1. The maximum Gasteiger partial charge on any atom is 0.308 e. The van der Waals surface area contributed by atoms with Crippen molar-refractivity contribution in [3.8, 4) is 0 Å². The fraction of sp³-hybridized carbons (Fsp3) is 0.261. The van der Waals surface area contributed by atoms with Crippen LogP contribution in [0.1, 0.15) is 35.4 Å². The van der Waals surface area contributed by atoms with Crippen molar-refractivity contribution in [1.29, 1.82) is 0 Å². The molecule has 0 saturated heterocycles. The minimum atomic E-state index is -0.574. The second-order valence-corrected chi connectivity index (χ2v) is 8.41. The molecular formula is C23H24N4O3S. The maximum atomic E-state index is 12.5. The molecule has 8 heteroatoms. The van der Waals surface area contributed by atoms with Gasteiger partial charge in [0, 0.05) is 12.7 Å². The Balaban J connectivity index is 1.56. The number of fused-ring (bicyclic) bond motifs is 1. The fourth-order valence-electron chi connectivity index (χ4n) is 3.67. The van der Waals surface area contributed by atoms with Crippen LogP contribution in [0.5, 0.6) is 0 Å². The van der Waals surface area contributed by atoms with Gasteiger partial charge in [0.05, 0.1) is 35.3 Å². The Morgan fingerprint density at radius 1 is 1.16 bits per heavy atom. The second-order valence-electron chi connectivity index (χ2n) is 7.42. The molecule has 0 aliphatic carbocycles. The van der Waals surface area contributed by atoms with Crippen molar-refractivity contribution in [1.82, 2.24) is 14.1 Å². The highest BCUT2D eigenvalue weighted by molar-refractivity contribution is 7.16. The summed E-state index contributed by atoms with van der Waals surface area (Å²) in [5, 5.41) is 0. The Kier molecular flexibility index (Phi) is 6.29. The number of nitrogens with zero attached hydrogens (tertiary/aromatic N) is 3. The van der Waals surface area contributed by atoms with E-state index in [9.17, 15) is 9.59 Å². The van der Waals surface area contributed by atoms with Gasteiger partial charge in [-0.05, 0) is 31.0 Å². The van der Waals surface area contributed by atoms with Gasteiger partial charge in [-0.3, -0.25) is 14.2 Å². The topological polar surface area (TPSA) is 92.1 Å². The predicted octanol–water partition coefficient (Wildman–Crippen LogP) is 3.60. The third kappa shape index (κ3) is 4.76. The molecule has 2 N–H and O–H groups in total. The Labute approximate surface area is 183 Å². The van der Waals surface area contributed by atoms with Crippen molar-refractivity contribution in [3.05, 3.63) is 88.0 Å². The lowest BCUT2D eigenvalue weighted by molar-refractivity contribution is 0.0136. The van der Waals surface area contributed by atoms with Gasteiger partial charge in [0.2, 0.25) is 0 Å². The number of carbonyl (C=O) groups excluding carboxylic acids is 1. The molecule has 2 unspecified atom stereocenters. The molecule has 0 aliphatic heterocycles. The van der Waals surface area contributed by atoms with Crippen molar-refractivity contribution in [2.45, 2.75) is 38.6 Å². The Hall–Kier alpha value is -3.23. The van der Waals surface area contributed by atoms with Crippen molar-refractivity contribution >= 4 is 27.5 Å². The van der Waals surface area contributed by atoms with Gasteiger partial charge < -0.3 is 15.0 Å². The van der Waals surface area contributed by atoms with E-state index in [2.05, 4.69) is 4.98 Å². The third-order valence-electron chi connectivity index (χ3n) is 5.36. The highest BCUT2D eigenvalue weighted by Gasteiger charge is 2.22. The minimum Gasteiger partial charge on any atom is -0.372 e. The molecule has 31 heavy (non-hydrogen) atoms. The first-order valence-electron chi connectivity index (χ1n) is 10.1. The molecular weight excluding hydrogens is 412 g/mol. The van der Waals surface area contributed by atoms with Crippen molar-refractivity contribution in [2.75, 3.05) is 0 Å². The summed E-state index contributed by atoms with van der Waals surface area (Å²) in [6.45, 7) is 2.99. The van der Waals surface area contributed by atoms with Crippen LogP contribution >= 0.6 is 11.3 Å². The number of hydrogen-bond acceptors (Lipinski definition) is 5. The number of benzene rings is 2. The van der Waals surface area contributed by atoms with E-state index in [1.54, 1.807) is 17.1 Å². The average Bonchev–Trinajstić information content (AvgIpc) is 3.38. The lowest BCUT2D eigenvalue weighted by atomic mass is 10.1. The number of thiazole rings is 1. The molecule has 4 aromatic rings. The quantitative estimate of drug-likeness (QED) is 0.434. The minimum absolute atomic E-state index is 0.0151. The number of para-hydroxylation sites is 1. The van der Waals surface area contributed by atoms with E-state index >= 15 is 0 Å². The molecule has 0 bridgehead atoms. The molecule has 4 rings (SSSR count). The average molecular weight is 437 g/mol. The third-order valence-corrected chi connectivity index (χ3v) is 6.32. The van der Waals surface area contributed by atoms with Gasteiger partial charge in [0.1, 0.15) is 5.69 Å². The zero-order valence-corrected chi connectivity index (χ0v) is 18.0. The predicted molar refractivity (Wildman–Crippen MR) is 121 cm³/mol. The summed E-state index contributed by atoms with van der Waals surface area (Å²) in [6, 6.07) is 17.6. The number of imidazole rings is 1. The Morgan fingerprint density at radius 2 is 1.90 bits per heavy atom. The summed E-state index contributed by atoms with van der Waals surface area (Å²) in [7, 11) is 0. The van der Waals surface area contributed by atoms with E-state index in [4.69, 9.17) is 10.5 Å². The summed E-state index contributed by atoms with van der Waals surface area (Å²) < 4.78 is 10.8. The van der Waals surface area contributed by atoms with Gasteiger partial charge >= 0.3 is 4.87 Å². The number of aromatic nitrogens is 3. The van der Waals surface area contributed by atoms with Crippen LogP contribution in [0.25, 0.3) is 10.2 Å². The summed E-state index contributed by atoms with van der Waals surface area (Å²) in [5.41, 5.74) is 7.60. The smallest absolute Gasteiger partial charge is 0.308 e. The Morgan fingerprint density at radius 3 is 2.65 bits per heavy atom. The standard InChI is InChI=1S/C23H24N4O3S/c1-16(30-14-17-7-3-2-4-8-17)19(26-13-18(22(24)28)25-15-26)11-12-27-20-9-5-6-10-21(20)31-23(27)29/h2-10,13,15-16,19H,11-12,14H2,1H3,(H2,24,28). The van der Waals surface area contributed by atoms with Gasteiger partial charge in [-0.1, -0.05) is 53.8 Å². The molecule has 1 amide bonds. The van der Waals surface area contributed by atoms with Crippen LogP contribution in [0.2, 0.25) is 0 Å². The first kappa shape index (κ1) is 21.0. The molecule has 0 spiro atoms. The molecule has 2 atom stereocenters. The van der Waals surface area contributed by atoms with Crippen molar-refractivity contribution < 1.29 is 9.53 Å². The Bertz CT molecular complexity index is 1230. The van der Waals surface area contributed by atoms with Crippen LogP contribution in [-0.2, 0) is 17.9 Å². The van der Waals surface area contributed by atoms with Crippen LogP contribution in [0.4, 0.5) is 0 Å². The molecule has 2 aromatic heterocycles. The number of amides is 1. The SMILES string of the molecule is CC(OCc1ccccc1)C(CCn1c(=O)sc2ccccc21)n1cnc(C(N)=O)c1. The monoisotopic (exact) mass is 436 g/mol. The van der Waals surface area contributed by atoms with E-state index in [1.807, 2.05) is 66.1 Å². The van der Waals surface area contributed by atoms with Crippen LogP contribution in [0.3, 0.4) is 0 Å².